The number of likely N-dealkylation sites (tertiary alicyclic amines) is 1. The second-order valence-corrected chi connectivity index (χ2v) is 6.65. The van der Waals surface area contributed by atoms with Gasteiger partial charge in [0.25, 0.3) is 0 Å². The average Bonchev–Trinajstić information content (AvgIpc) is 3.12. The molecule has 1 atom stereocenters. The highest BCUT2D eigenvalue weighted by Gasteiger charge is 2.25. The van der Waals surface area contributed by atoms with Crippen LogP contribution in [0.25, 0.3) is 0 Å². The molecule has 0 unspecified atom stereocenters. The number of hydrogen-bond acceptors (Lipinski definition) is 2. The number of hydrogen-bond donors (Lipinski definition) is 1. The van der Waals surface area contributed by atoms with Gasteiger partial charge >= 0.3 is 0 Å². The topological polar surface area (TPSA) is 32.3 Å². The monoisotopic (exact) mass is 342 g/mol. The van der Waals surface area contributed by atoms with Gasteiger partial charge in [-0.15, -0.1) is 0 Å². The van der Waals surface area contributed by atoms with Crippen LogP contribution in [-0.2, 0) is 11.2 Å². The Morgan fingerprint density at radius 3 is 2.42 bits per heavy atom. The molecule has 3 nitrogen and oxygen atoms in total. The summed E-state index contributed by atoms with van der Waals surface area (Å²) in [7, 11) is 0. The largest absolute Gasteiger partial charge is 0.354 e. The van der Waals surface area contributed by atoms with Crippen LogP contribution >= 0.6 is 11.6 Å². The van der Waals surface area contributed by atoms with Gasteiger partial charge in [0.15, 0.2) is 0 Å². The van der Waals surface area contributed by atoms with Gasteiger partial charge in [0.05, 0.1) is 12.5 Å². The Kier molecular flexibility index (Phi) is 5.89. The minimum Gasteiger partial charge on any atom is -0.354 e. The summed E-state index contributed by atoms with van der Waals surface area (Å²) in [6, 6.07) is 17.9. The van der Waals surface area contributed by atoms with Gasteiger partial charge in [-0.2, -0.15) is 0 Å². The lowest BCUT2D eigenvalue weighted by atomic mass is 10.0. The Morgan fingerprint density at radius 2 is 1.71 bits per heavy atom. The van der Waals surface area contributed by atoms with Crippen LogP contribution in [0.4, 0.5) is 0 Å². The summed E-state index contributed by atoms with van der Waals surface area (Å²) in [6.07, 6.45) is 2.83. The number of nitrogens with zero attached hydrogens (tertiary/aromatic N) is 1. The van der Waals surface area contributed by atoms with Gasteiger partial charge in [0.2, 0.25) is 5.91 Å². The summed E-state index contributed by atoms with van der Waals surface area (Å²) < 4.78 is 0. The number of carbonyl (C=O) groups is 1. The fourth-order valence-electron chi connectivity index (χ4n) is 3.29. The smallest absolute Gasteiger partial charge is 0.224 e. The van der Waals surface area contributed by atoms with Gasteiger partial charge in [-0.05, 0) is 43.1 Å². The summed E-state index contributed by atoms with van der Waals surface area (Å²) in [5.74, 6) is 0.0532. The molecule has 1 aliphatic heterocycles. The van der Waals surface area contributed by atoms with Crippen molar-refractivity contribution in [1.82, 2.24) is 10.2 Å². The Balaban J connectivity index is 1.66. The minimum atomic E-state index is 0.0532. The molecule has 1 saturated heterocycles. The van der Waals surface area contributed by atoms with E-state index in [-0.39, 0.29) is 11.9 Å². The van der Waals surface area contributed by atoms with Gasteiger partial charge < -0.3 is 5.32 Å². The first kappa shape index (κ1) is 17.0. The molecule has 0 saturated carbocycles. The minimum absolute atomic E-state index is 0.0532. The lowest BCUT2D eigenvalue weighted by Gasteiger charge is -2.29. The van der Waals surface area contributed by atoms with Crippen LogP contribution < -0.4 is 5.32 Å². The van der Waals surface area contributed by atoms with E-state index in [1.165, 1.54) is 12.8 Å². The van der Waals surface area contributed by atoms with Crippen LogP contribution in [0.5, 0.6) is 0 Å². The van der Waals surface area contributed by atoms with Crippen LogP contribution in [0.1, 0.15) is 30.0 Å². The fourth-order valence-corrected chi connectivity index (χ4v) is 3.55. The molecular weight excluding hydrogens is 320 g/mol. The Hall–Kier alpha value is -1.84. The molecule has 0 radical (unpaired) electrons. The van der Waals surface area contributed by atoms with Crippen LogP contribution in [0, 0.1) is 0 Å². The number of nitrogens with one attached hydrogen (secondary N) is 1. The van der Waals surface area contributed by atoms with Gasteiger partial charge in [0, 0.05) is 11.6 Å². The van der Waals surface area contributed by atoms with Crippen molar-refractivity contribution in [2.45, 2.75) is 25.3 Å². The first-order valence-electron chi connectivity index (χ1n) is 8.53. The van der Waals surface area contributed by atoms with E-state index in [2.05, 4.69) is 16.3 Å². The second-order valence-electron chi connectivity index (χ2n) is 6.25. The summed E-state index contributed by atoms with van der Waals surface area (Å²) in [5, 5.41) is 3.86. The van der Waals surface area contributed by atoms with Crippen LogP contribution in [0.15, 0.2) is 54.6 Å². The van der Waals surface area contributed by atoms with E-state index in [1.807, 2.05) is 48.5 Å². The van der Waals surface area contributed by atoms with Gasteiger partial charge in [-0.25, -0.2) is 0 Å². The molecule has 2 aromatic carbocycles. The maximum Gasteiger partial charge on any atom is 0.224 e. The first-order valence-corrected chi connectivity index (χ1v) is 8.91. The molecule has 0 aliphatic carbocycles. The Labute approximate surface area is 148 Å². The maximum absolute atomic E-state index is 12.3. The molecule has 2 aromatic rings. The molecule has 1 heterocycles. The van der Waals surface area contributed by atoms with E-state index in [4.69, 9.17) is 11.6 Å². The van der Waals surface area contributed by atoms with Crippen molar-refractivity contribution in [3.63, 3.8) is 0 Å². The quantitative estimate of drug-likeness (QED) is 0.865. The standard InChI is InChI=1S/C20H23ClN2O/c21-18-11-5-4-10-17(18)19(23-12-6-7-13-23)15-22-20(24)14-16-8-2-1-3-9-16/h1-5,8-11,19H,6-7,12-15H2,(H,22,24)/t19-/m1/s1. The summed E-state index contributed by atoms with van der Waals surface area (Å²) in [5.41, 5.74) is 2.13. The number of rotatable bonds is 6. The summed E-state index contributed by atoms with van der Waals surface area (Å²) >= 11 is 6.40. The molecule has 1 amide bonds. The lowest BCUT2D eigenvalue weighted by molar-refractivity contribution is -0.120. The zero-order chi connectivity index (χ0) is 16.8. The predicted molar refractivity (Wildman–Crippen MR) is 98.2 cm³/mol. The lowest BCUT2D eigenvalue weighted by Crippen LogP contribution is -2.37. The summed E-state index contributed by atoms with van der Waals surface area (Å²) in [4.78, 5) is 14.7. The van der Waals surface area contributed by atoms with Gasteiger partial charge in [-0.1, -0.05) is 60.1 Å². The van der Waals surface area contributed by atoms with Gasteiger partial charge in [0.1, 0.15) is 0 Å². The molecular formula is C20H23ClN2O. The van der Waals surface area contributed by atoms with Crippen molar-refractivity contribution in [3.05, 3.63) is 70.7 Å². The van der Waals surface area contributed by atoms with Crippen molar-refractivity contribution in [2.75, 3.05) is 19.6 Å². The van der Waals surface area contributed by atoms with E-state index < -0.39 is 0 Å². The zero-order valence-electron chi connectivity index (χ0n) is 13.7. The van der Waals surface area contributed by atoms with E-state index in [0.717, 1.165) is 29.2 Å². The molecule has 1 fully saturated rings. The molecule has 4 heteroatoms. The van der Waals surface area contributed by atoms with E-state index >= 15 is 0 Å². The average molecular weight is 343 g/mol. The van der Waals surface area contributed by atoms with E-state index in [1.54, 1.807) is 0 Å². The highest BCUT2D eigenvalue weighted by atomic mass is 35.5. The molecule has 0 aromatic heterocycles. The third-order valence-corrected chi connectivity index (χ3v) is 4.89. The number of amides is 1. The Morgan fingerprint density at radius 1 is 1.04 bits per heavy atom. The molecule has 24 heavy (non-hydrogen) atoms. The fraction of sp³-hybridized carbons (Fsp3) is 0.350. The summed E-state index contributed by atoms with van der Waals surface area (Å²) in [6.45, 7) is 2.71. The first-order chi connectivity index (χ1) is 11.7. The molecule has 0 bridgehead atoms. The number of carbonyl (C=O) groups excluding carboxylic acids is 1. The predicted octanol–water partition coefficient (Wildman–Crippen LogP) is 3.84. The van der Waals surface area contributed by atoms with Gasteiger partial charge in [-0.3, -0.25) is 9.69 Å². The molecule has 0 spiro atoms. The molecule has 1 N–H and O–H groups in total. The SMILES string of the molecule is O=C(Cc1ccccc1)NC[C@H](c1ccccc1Cl)N1CCCC1. The van der Waals surface area contributed by atoms with E-state index in [9.17, 15) is 4.79 Å². The Bertz CT molecular complexity index is 668. The zero-order valence-corrected chi connectivity index (χ0v) is 14.5. The van der Waals surface area contributed by atoms with Crippen molar-refractivity contribution < 1.29 is 4.79 Å². The molecule has 3 rings (SSSR count). The maximum atomic E-state index is 12.3. The van der Waals surface area contributed by atoms with Crippen LogP contribution in [0.2, 0.25) is 5.02 Å². The van der Waals surface area contributed by atoms with Crippen LogP contribution in [0.3, 0.4) is 0 Å². The third kappa shape index (κ3) is 4.37. The highest BCUT2D eigenvalue weighted by Crippen LogP contribution is 2.29. The van der Waals surface area contributed by atoms with Crippen LogP contribution in [-0.4, -0.2) is 30.4 Å². The van der Waals surface area contributed by atoms with Crippen molar-refractivity contribution in [3.8, 4) is 0 Å². The second kappa shape index (κ2) is 8.32. The third-order valence-electron chi connectivity index (χ3n) is 4.55. The highest BCUT2D eigenvalue weighted by molar-refractivity contribution is 6.31. The normalized spacial score (nSPS) is 16.0. The van der Waals surface area contributed by atoms with E-state index in [0.29, 0.717) is 13.0 Å². The molecule has 126 valence electrons. The molecule has 1 aliphatic rings. The van der Waals surface area contributed by atoms with Crippen molar-refractivity contribution in [1.29, 1.82) is 0 Å². The van der Waals surface area contributed by atoms with Crippen molar-refractivity contribution >= 4 is 17.5 Å². The van der Waals surface area contributed by atoms with Crippen molar-refractivity contribution in [2.24, 2.45) is 0 Å². The number of benzene rings is 2. The number of halogens is 1.